The summed E-state index contributed by atoms with van der Waals surface area (Å²) >= 11 is 0. The van der Waals surface area contributed by atoms with Crippen LogP contribution in [0.15, 0.2) is 48.5 Å². The Morgan fingerprint density at radius 2 is 0.941 bits per heavy atom. The molecule has 2 aromatic carbocycles. The van der Waals surface area contributed by atoms with Crippen molar-refractivity contribution in [2.24, 2.45) is 0 Å². The monoisotopic (exact) mass is 480 g/mol. The van der Waals surface area contributed by atoms with Gasteiger partial charge in [-0.05, 0) is 48.5 Å². The lowest BCUT2D eigenvalue weighted by Crippen LogP contribution is -2.17. The summed E-state index contributed by atoms with van der Waals surface area (Å²) in [7, 11) is 0. The van der Waals surface area contributed by atoms with Gasteiger partial charge in [0.05, 0.1) is 0 Å². The lowest BCUT2D eigenvalue weighted by atomic mass is 10.2. The molecule has 0 fully saturated rings. The summed E-state index contributed by atoms with van der Waals surface area (Å²) in [5.74, 6) is -1.12. The average Bonchev–Trinajstić information content (AvgIpc) is 2.75. The second kappa shape index (κ2) is 9.41. The largest absolute Gasteiger partial charge is 0.573 e. The molecule has 0 saturated heterocycles. The van der Waals surface area contributed by atoms with Crippen molar-refractivity contribution in [1.82, 2.24) is 9.97 Å². The van der Waals surface area contributed by atoms with Crippen LogP contribution in [-0.2, 0) is 0 Å². The minimum atomic E-state index is -4.87. The normalized spacial score (nSPS) is 11.2. The number of aromatic nitrogens is 2. The van der Waals surface area contributed by atoms with Gasteiger partial charge in [-0.3, -0.25) is 0 Å². The van der Waals surface area contributed by atoms with Crippen molar-refractivity contribution in [3.8, 4) is 23.6 Å². The fourth-order valence-electron chi connectivity index (χ4n) is 2.52. The Balaban J connectivity index is 1.89. The minimum absolute atomic E-state index is 0.0874. The molecule has 8 nitrogen and oxygen atoms in total. The Kier molecular flexibility index (Phi) is 6.63. The molecule has 0 amide bonds. The first kappa shape index (κ1) is 23.9. The Morgan fingerprint density at radius 3 is 1.21 bits per heavy atom. The number of nitrogens with one attached hydrogen (secondary N) is 2. The van der Waals surface area contributed by atoms with E-state index in [1.54, 1.807) is 12.1 Å². The van der Waals surface area contributed by atoms with E-state index in [-0.39, 0.29) is 34.4 Å². The molecule has 0 aliphatic rings. The van der Waals surface area contributed by atoms with Gasteiger partial charge in [0.15, 0.2) is 23.0 Å². The predicted octanol–water partition coefficient (Wildman–Crippen LogP) is 5.50. The zero-order chi connectivity index (χ0) is 24.9. The molecule has 34 heavy (non-hydrogen) atoms. The van der Waals surface area contributed by atoms with Crippen LogP contribution < -0.4 is 20.1 Å². The number of benzene rings is 2. The van der Waals surface area contributed by atoms with Gasteiger partial charge in [-0.2, -0.15) is 10.5 Å². The lowest BCUT2D eigenvalue weighted by molar-refractivity contribution is -0.275. The fraction of sp³-hybridized carbons (Fsp3) is 0.100. The van der Waals surface area contributed by atoms with Crippen molar-refractivity contribution in [2.75, 3.05) is 10.6 Å². The Labute approximate surface area is 187 Å². The average molecular weight is 480 g/mol. The van der Waals surface area contributed by atoms with Gasteiger partial charge in [0.2, 0.25) is 0 Å². The van der Waals surface area contributed by atoms with Crippen molar-refractivity contribution in [1.29, 1.82) is 10.5 Å². The quantitative estimate of drug-likeness (QED) is 0.444. The van der Waals surface area contributed by atoms with Crippen LogP contribution in [0.1, 0.15) is 11.4 Å². The molecule has 174 valence electrons. The summed E-state index contributed by atoms with van der Waals surface area (Å²) in [4.78, 5) is 7.99. The third-order valence-corrected chi connectivity index (χ3v) is 3.81. The smallest absolute Gasteiger partial charge is 0.406 e. The summed E-state index contributed by atoms with van der Waals surface area (Å²) in [6.45, 7) is 0. The highest BCUT2D eigenvalue weighted by atomic mass is 19.4. The van der Waals surface area contributed by atoms with E-state index < -0.39 is 24.2 Å². The molecule has 0 atom stereocenters. The summed E-state index contributed by atoms with van der Waals surface area (Å²) in [6.07, 6.45) is -9.74. The number of nitrogens with zero attached hydrogens (tertiary/aromatic N) is 4. The van der Waals surface area contributed by atoms with E-state index in [0.717, 1.165) is 24.3 Å². The second-order valence-corrected chi connectivity index (χ2v) is 6.24. The van der Waals surface area contributed by atoms with E-state index in [9.17, 15) is 36.9 Å². The zero-order valence-electron chi connectivity index (χ0n) is 16.5. The number of hydrogen-bond donors (Lipinski definition) is 2. The molecule has 0 spiro atoms. The van der Waals surface area contributed by atoms with Gasteiger partial charge in [-0.25, -0.2) is 9.97 Å². The van der Waals surface area contributed by atoms with Crippen LogP contribution in [0, 0.1) is 22.7 Å². The second-order valence-electron chi connectivity index (χ2n) is 6.24. The van der Waals surface area contributed by atoms with E-state index in [2.05, 4.69) is 30.1 Å². The van der Waals surface area contributed by atoms with Crippen LogP contribution in [0.3, 0.4) is 0 Å². The number of alkyl halides is 6. The highest BCUT2D eigenvalue weighted by Crippen LogP contribution is 2.30. The molecule has 0 aliphatic heterocycles. The van der Waals surface area contributed by atoms with E-state index in [1.165, 1.54) is 24.3 Å². The molecule has 0 unspecified atom stereocenters. The Morgan fingerprint density at radius 1 is 0.618 bits per heavy atom. The molecule has 0 aliphatic carbocycles. The van der Waals surface area contributed by atoms with Crippen molar-refractivity contribution in [3.05, 3.63) is 59.9 Å². The van der Waals surface area contributed by atoms with Crippen molar-refractivity contribution < 1.29 is 35.8 Å². The Hall–Kier alpha value is -4.72. The first-order valence-electron chi connectivity index (χ1n) is 8.93. The van der Waals surface area contributed by atoms with Crippen LogP contribution in [0.5, 0.6) is 11.5 Å². The van der Waals surface area contributed by atoms with Gasteiger partial charge in [0.1, 0.15) is 23.6 Å². The van der Waals surface area contributed by atoms with E-state index in [0.29, 0.717) is 0 Å². The standard InChI is InChI=1S/C20H10F6N6O2/c21-19(22,23)33-13-5-1-11(2-6-13)29-17-18(32-16(10-28)15(9-27)31-17)30-12-3-7-14(8-4-12)34-20(24,25)26/h1-8H,(H,29,31)(H,30,32). The van der Waals surface area contributed by atoms with Crippen LogP contribution in [0.25, 0.3) is 0 Å². The maximum absolute atomic E-state index is 12.3. The summed E-state index contributed by atoms with van der Waals surface area (Å²) in [5, 5.41) is 23.9. The molecule has 0 radical (unpaired) electrons. The molecule has 2 N–H and O–H groups in total. The van der Waals surface area contributed by atoms with Gasteiger partial charge >= 0.3 is 12.7 Å². The van der Waals surface area contributed by atoms with Crippen LogP contribution >= 0.6 is 0 Å². The van der Waals surface area contributed by atoms with Crippen LogP contribution in [-0.4, -0.2) is 22.7 Å². The summed E-state index contributed by atoms with van der Waals surface area (Å²) in [6, 6.07) is 12.5. The van der Waals surface area contributed by atoms with Crippen LogP contribution in [0.2, 0.25) is 0 Å². The number of ether oxygens (including phenoxy) is 2. The number of anilines is 4. The number of nitriles is 2. The number of hydrogen-bond acceptors (Lipinski definition) is 8. The molecule has 0 bridgehead atoms. The molecule has 1 aromatic heterocycles. The first-order chi connectivity index (χ1) is 16.0. The fourth-order valence-corrected chi connectivity index (χ4v) is 2.52. The van der Waals surface area contributed by atoms with Gasteiger partial charge < -0.3 is 20.1 Å². The highest BCUT2D eigenvalue weighted by molar-refractivity contribution is 5.73. The molecule has 1 heterocycles. The van der Waals surface area contributed by atoms with Crippen molar-refractivity contribution in [2.45, 2.75) is 12.7 Å². The zero-order valence-corrected chi connectivity index (χ0v) is 16.5. The maximum atomic E-state index is 12.3. The molecule has 3 rings (SSSR count). The molecule has 0 saturated carbocycles. The van der Waals surface area contributed by atoms with Gasteiger partial charge in [0, 0.05) is 11.4 Å². The third kappa shape index (κ3) is 6.64. The van der Waals surface area contributed by atoms with Crippen molar-refractivity contribution >= 4 is 23.0 Å². The SMILES string of the molecule is N#Cc1nc(Nc2ccc(OC(F)(F)F)cc2)c(Nc2ccc(OC(F)(F)F)cc2)nc1C#N. The van der Waals surface area contributed by atoms with Gasteiger partial charge in [0.25, 0.3) is 0 Å². The highest BCUT2D eigenvalue weighted by Gasteiger charge is 2.31. The molecular weight excluding hydrogens is 470 g/mol. The molecule has 3 aromatic rings. The third-order valence-electron chi connectivity index (χ3n) is 3.81. The van der Waals surface area contributed by atoms with E-state index in [4.69, 9.17) is 0 Å². The van der Waals surface area contributed by atoms with Gasteiger partial charge in [-0.15, -0.1) is 26.3 Å². The molecule has 14 heteroatoms. The van der Waals surface area contributed by atoms with E-state index in [1.807, 2.05) is 0 Å². The lowest BCUT2D eigenvalue weighted by Gasteiger charge is -2.14. The van der Waals surface area contributed by atoms with E-state index >= 15 is 0 Å². The maximum Gasteiger partial charge on any atom is 0.573 e. The first-order valence-corrected chi connectivity index (χ1v) is 8.93. The number of halogens is 6. The minimum Gasteiger partial charge on any atom is -0.406 e. The Bertz CT molecular complexity index is 1150. The topological polar surface area (TPSA) is 116 Å². The molecular formula is C20H10F6N6O2. The predicted molar refractivity (Wildman–Crippen MR) is 104 cm³/mol. The summed E-state index contributed by atoms with van der Waals surface area (Å²) in [5.41, 5.74) is -0.202. The van der Waals surface area contributed by atoms with Crippen molar-refractivity contribution in [3.63, 3.8) is 0 Å². The number of rotatable bonds is 6. The summed E-state index contributed by atoms with van der Waals surface area (Å²) < 4.78 is 81.5. The van der Waals surface area contributed by atoms with Crippen LogP contribution in [0.4, 0.5) is 49.4 Å². The van der Waals surface area contributed by atoms with Gasteiger partial charge in [-0.1, -0.05) is 0 Å².